The summed E-state index contributed by atoms with van der Waals surface area (Å²) in [7, 11) is -5.66. The van der Waals surface area contributed by atoms with E-state index in [2.05, 4.69) is 0 Å². The van der Waals surface area contributed by atoms with Crippen molar-refractivity contribution >= 4 is 14.9 Å². The van der Waals surface area contributed by atoms with Crippen LogP contribution in [0.25, 0.3) is 0 Å². The van der Waals surface area contributed by atoms with Crippen LogP contribution in [0.2, 0.25) is 0 Å². The Hall–Kier alpha value is -0.480. The maximum atomic E-state index is 12.5. The summed E-state index contributed by atoms with van der Waals surface area (Å²) in [5, 5.41) is 0. The molecule has 0 amide bonds. The first-order chi connectivity index (χ1) is 11.3. The topological polar surface area (TPSA) is 65.1 Å². The van der Waals surface area contributed by atoms with Crippen LogP contribution >= 0.6 is 14.9 Å². The maximum absolute atomic E-state index is 12.5. The van der Waals surface area contributed by atoms with Gasteiger partial charge in [0.25, 0.3) is 0 Å². The van der Waals surface area contributed by atoms with E-state index >= 15 is 0 Å². The van der Waals surface area contributed by atoms with Crippen LogP contribution in [-0.4, -0.2) is 44.1 Å². The molecule has 0 radical (unpaired) electrons. The van der Waals surface area contributed by atoms with Crippen LogP contribution < -0.4 is 0 Å². The number of hydrogen-bond acceptors (Lipinski definition) is 5. The molecule has 0 heterocycles. The lowest BCUT2D eigenvalue weighted by atomic mass is 10.2. The van der Waals surface area contributed by atoms with Crippen LogP contribution in [0.1, 0.15) is 25.8 Å². The molecule has 0 atom stereocenters. The predicted molar refractivity (Wildman–Crippen MR) is 97.7 cm³/mol. The molecule has 1 aromatic rings. The third kappa shape index (κ3) is 8.06. The molecular weight excluding hydrogens is 348 g/mol. The molecule has 1 aromatic carbocycles. The summed E-state index contributed by atoms with van der Waals surface area (Å²) in [6, 6.07) is 9.70. The van der Waals surface area contributed by atoms with Crippen LogP contribution in [0, 0.1) is 0 Å². The van der Waals surface area contributed by atoms with Crippen LogP contribution in [0.4, 0.5) is 0 Å². The molecule has 0 unspecified atom stereocenters. The molecule has 24 heavy (non-hydrogen) atoms. The minimum absolute atomic E-state index is 0.278. The second kappa shape index (κ2) is 10.5. The summed E-state index contributed by atoms with van der Waals surface area (Å²) in [6.07, 6.45) is 0.789. The van der Waals surface area contributed by atoms with E-state index in [1.807, 2.05) is 30.3 Å². The monoisotopic (exact) mass is 377 g/mol. The second-order valence-corrected chi connectivity index (χ2v) is 10.9. The molecule has 138 valence electrons. The van der Waals surface area contributed by atoms with Gasteiger partial charge < -0.3 is 13.6 Å². The van der Waals surface area contributed by atoms with E-state index in [4.69, 9.17) is 13.9 Å². The lowest BCUT2D eigenvalue weighted by molar-refractivity contribution is -0.0977. The quantitative estimate of drug-likeness (QED) is 0.391. The fraction of sp³-hybridized carbons (Fsp3) is 0.625. The fourth-order valence-corrected chi connectivity index (χ4v) is 4.73. The molecule has 0 N–H and O–H groups in total. The highest BCUT2D eigenvalue weighted by Gasteiger charge is 2.26. The van der Waals surface area contributed by atoms with Crippen LogP contribution in [-0.2, 0) is 29.6 Å². The molecule has 1 rings (SSSR count). The van der Waals surface area contributed by atoms with Gasteiger partial charge in [0.2, 0.25) is 0 Å². The molecule has 0 aliphatic carbocycles. The van der Waals surface area contributed by atoms with Crippen molar-refractivity contribution in [3.63, 3.8) is 0 Å². The summed E-state index contributed by atoms with van der Waals surface area (Å²) in [5.41, 5.74) is 1.00. The van der Waals surface area contributed by atoms with Gasteiger partial charge in [-0.15, -0.1) is 4.83 Å². The Kier molecular flexibility index (Phi) is 9.43. The number of nitrogens with zero attached hydrogens (tertiary/aromatic N) is 1. The first-order valence-corrected chi connectivity index (χ1v) is 12.5. The molecule has 6 nitrogen and oxygen atoms in total. The van der Waals surface area contributed by atoms with Crippen molar-refractivity contribution in [1.29, 1.82) is 0 Å². The average molecular weight is 377 g/mol. The summed E-state index contributed by atoms with van der Waals surface area (Å²) in [6.45, 7) is 8.31. The zero-order chi connectivity index (χ0) is 18.1. The van der Waals surface area contributed by atoms with Crippen molar-refractivity contribution in [2.75, 3.05) is 39.3 Å². The van der Waals surface area contributed by atoms with Gasteiger partial charge in [0.15, 0.2) is 7.29 Å². The van der Waals surface area contributed by atoms with Crippen molar-refractivity contribution in [3.8, 4) is 0 Å². The Balaban J connectivity index is 2.57. The van der Waals surface area contributed by atoms with E-state index in [-0.39, 0.29) is 6.16 Å². The van der Waals surface area contributed by atoms with Crippen molar-refractivity contribution in [3.05, 3.63) is 35.9 Å². The van der Waals surface area contributed by atoms with Gasteiger partial charge in [0.05, 0.1) is 26.0 Å². The molecule has 8 heteroatoms. The van der Waals surface area contributed by atoms with Gasteiger partial charge in [-0.25, -0.2) is 0 Å². The third-order valence-corrected chi connectivity index (χ3v) is 6.75. The van der Waals surface area contributed by atoms with Gasteiger partial charge in [-0.3, -0.25) is 9.40 Å². The fourth-order valence-electron chi connectivity index (χ4n) is 2.13. The third-order valence-electron chi connectivity index (χ3n) is 3.19. The smallest absolute Gasteiger partial charge is 0.309 e. The molecule has 0 aromatic heterocycles. The summed E-state index contributed by atoms with van der Waals surface area (Å²) < 4.78 is 35.4. The summed E-state index contributed by atoms with van der Waals surface area (Å²) in [5.74, 6) is 0. The van der Waals surface area contributed by atoms with E-state index in [0.29, 0.717) is 32.8 Å². The van der Waals surface area contributed by atoms with Crippen molar-refractivity contribution in [2.24, 2.45) is 0 Å². The maximum Gasteiger partial charge on any atom is 0.330 e. The summed E-state index contributed by atoms with van der Waals surface area (Å²) in [4.78, 5) is 7.23. The van der Waals surface area contributed by atoms with Gasteiger partial charge >= 0.3 is 7.60 Å². The Morgan fingerprint density at radius 3 is 2.08 bits per heavy atom. The predicted octanol–water partition coefficient (Wildman–Crippen LogP) is 4.61. The van der Waals surface area contributed by atoms with Crippen molar-refractivity contribution < 1.29 is 23.0 Å². The Morgan fingerprint density at radius 1 is 1.00 bits per heavy atom. The number of rotatable bonds is 12. The first-order valence-electron chi connectivity index (χ1n) is 8.18. The van der Waals surface area contributed by atoms with Crippen LogP contribution in [0.15, 0.2) is 30.3 Å². The Labute approximate surface area is 145 Å². The molecule has 0 saturated carbocycles. The van der Waals surface area contributed by atoms with Gasteiger partial charge in [-0.05, 0) is 25.8 Å². The molecule has 0 aliphatic heterocycles. The van der Waals surface area contributed by atoms with E-state index in [1.165, 1.54) is 4.83 Å². The molecule has 0 aliphatic rings. The van der Waals surface area contributed by atoms with E-state index in [9.17, 15) is 9.13 Å². The molecule has 0 spiro atoms. The van der Waals surface area contributed by atoms with Gasteiger partial charge in [0, 0.05) is 19.9 Å². The molecule has 0 fully saturated rings. The van der Waals surface area contributed by atoms with E-state index < -0.39 is 14.9 Å². The van der Waals surface area contributed by atoms with Crippen LogP contribution in [0.3, 0.4) is 0 Å². The standard InChI is InChI=1S/C16H29NO5P2/c1-5-21-24(19,22-6-2)14-10-13-17(23(3,4)18)20-15-16-11-8-7-9-12-16/h7-9,11-12H,5-6,10,13-15H2,1-4H3. The lowest BCUT2D eigenvalue weighted by Gasteiger charge is -2.26. The SMILES string of the molecule is CCOP(=O)(CCCN(OCc1ccccc1)P(C)(C)=O)OCC. The zero-order valence-electron chi connectivity index (χ0n) is 15.0. The first kappa shape index (κ1) is 21.6. The van der Waals surface area contributed by atoms with E-state index in [0.717, 1.165) is 5.56 Å². The Bertz CT molecular complexity index is 551. The van der Waals surface area contributed by atoms with Gasteiger partial charge in [0.1, 0.15) is 0 Å². The zero-order valence-corrected chi connectivity index (χ0v) is 16.8. The number of hydrogen-bond donors (Lipinski definition) is 0. The number of benzene rings is 1. The van der Waals surface area contributed by atoms with E-state index in [1.54, 1.807) is 27.2 Å². The van der Waals surface area contributed by atoms with Gasteiger partial charge in [-0.2, -0.15) is 0 Å². The van der Waals surface area contributed by atoms with Crippen molar-refractivity contribution in [1.82, 2.24) is 4.83 Å². The minimum atomic E-state index is -3.08. The average Bonchev–Trinajstić information content (AvgIpc) is 2.51. The molecule has 0 saturated heterocycles. The highest BCUT2D eigenvalue weighted by atomic mass is 31.2. The van der Waals surface area contributed by atoms with Crippen molar-refractivity contribution in [2.45, 2.75) is 26.9 Å². The highest BCUT2D eigenvalue weighted by Crippen LogP contribution is 2.49. The largest absolute Gasteiger partial charge is 0.330 e. The minimum Gasteiger partial charge on any atom is -0.309 e. The highest BCUT2D eigenvalue weighted by molar-refractivity contribution is 7.59. The second-order valence-electron chi connectivity index (χ2n) is 5.65. The molecule has 0 bridgehead atoms. The lowest BCUT2D eigenvalue weighted by Crippen LogP contribution is -2.22. The normalized spacial score (nSPS) is 12.7. The molecular formula is C16H29NO5P2. The van der Waals surface area contributed by atoms with Crippen LogP contribution in [0.5, 0.6) is 0 Å². The summed E-state index contributed by atoms with van der Waals surface area (Å²) >= 11 is 0. The van der Waals surface area contributed by atoms with Gasteiger partial charge in [-0.1, -0.05) is 30.3 Å². The Morgan fingerprint density at radius 2 is 1.58 bits per heavy atom. The number of hydroxylamine groups is 1.